The summed E-state index contributed by atoms with van der Waals surface area (Å²) in [4.78, 5) is 40.4. The van der Waals surface area contributed by atoms with Crippen LogP contribution in [0.2, 0.25) is 0 Å². The van der Waals surface area contributed by atoms with Gasteiger partial charge in [0.1, 0.15) is 0 Å². The van der Waals surface area contributed by atoms with Crippen molar-refractivity contribution in [2.75, 3.05) is 13.1 Å². The van der Waals surface area contributed by atoms with Crippen molar-refractivity contribution in [1.82, 2.24) is 9.88 Å². The number of ketones is 1. The molecule has 0 aliphatic carbocycles. The number of rotatable bonds is 6. The Morgan fingerprint density at radius 2 is 1.81 bits per heavy atom. The normalized spacial score (nSPS) is 17.1. The van der Waals surface area contributed by atoms with Crippen LogP contribution in [-0.2, 0) is 4.79 Å². The topological polar surface area (TPSA) is 90.5 Å². The van der Waals surface area contributed by atoms with E-state index in [0.29, 0.717) is 36.2 Å². The van der Waals surface area contributed by atoms with Crippen molar-refractivity contribution < 1.29 is 19.5 Å². The van der Waals surface area contributed by atoms with Crippen molar-refractivity contribution in [2.45, 2.75) is 25.7 Å². The summed E-state index contributed by atoms with van der Waals surface area (Å²) in [6.45, 7) is 1.28. The number of amides is 1. The van der Waals surface area contributed by atoms with Gasteiger partial charge in [-0.1, -0.05) is 12.1 Å². The molecule has 6 nitrogen and oxygen atoms in total. The largest absolute Gasteiger partial charge is 0.481 e. The number of benzene rings is 1. The first-order chi connectivity index (χ1) is 12.5. The molecule has 6 heteroatoms. The summed E-state index contributed by atoms with van der Waals surface area (Å²) < 4.78 is 0. The zero-order valence-electron chi connectivity index (χ0n) is 14.5. The van der Waals surface area contributed by atoms with Gasteiger partial charge in [-0.05, 0) is 43.4 Å². The molecule has 1 saturated heterocycles. The van der Waals surface area contributed by atoms with Gasteiger partial charge in [0.2, 0.25) is 0 Å². The Balaban J connectivity index is 1.64. The van der Waals surface area contributed by atoms with Crippen LogP contribution in [0.1, 0.15) is 52.0 Å². The fraction of sp³-hybridized carbons (Fsp3) is 0.350. The molecule has 0 radical (unpaired) electrons. The Morgan fingerprint density at radius 1 is 1.08 bits per heavy atom. The van der Waals surface area contributed by atoms with E-state index in [4.69, 9.17) is 5.11 Å². The number of aliphatic carboxylic acids is 1. The predicted octanol–water partition coefficient (Wildman–Crippen LogP) is 2.96. The lowest BCUT2D eigenvalue weighted by Crippen LogP contribution is -2.40. The molecular weight excluding hydrogens is 332 g/mol. The van der Waals surface area contributed by atoms with Crippen molar-refractivity contribution in [2.24, 2.45) is 5.92 Å². The third kappa shape index (κ3) is 4.20. The number of aromatic amines is 1. The lowest BCUT2D eigenvalue weighted by molar-refractivity contribution is -0.137. The van der Waals surface area contributed by atoms with E-state index in [-0.39, 0.29) is 24.0 Å². The zero-order chi connectivity index (χ0) is 18.5. The van der Waals surface area contributed by atoms with Gasteiger partial charge < -0.3 is 15.0 Å². The average Bonchev–Trinajstić information content (AvgIpc) is 3.20. The third-order valence-electron chi connectivity index (χ3n) is 4.83. The van der Waals surface area contributed by atoms with E-state index in [0.717, 1.165) is 12.8 Å². The molecule has 1 fully saturated rings. The van der Waals surface area contributed by atoms with E-state index >= 15 is 0 Å². The minimum Gasteiger partial charge on any atom is -0.481 e. The van der Waals surface area contributed by atoms with Gasteiger partial charge in [0.05, 0.1) is 0 Å². The number of H-pyrrole nitrogens is 1. The first-order valence-electron chi connectivity index (χ1n) is 8.83. The van der Waals surface area contributed by atoms with Crippen LogP contribution in [0.25, 0.3) is 0 Å². The lowest BCUT2D eigenvalue weighted by Gasteiger charge is -2.32. The molecule has 1 atom stereocenters. The van der Waals surface area contributed by atoms with Crippen LogP contribution in [0.3, 0.4) is 0 Å². The van der Waals surface area contributed by atoms with Crippen LogP contribution < -0.4 is 0 Å². The predicted molar refractivity (Wildman–Crippen MR) is 96.2 cm³/mol. The van der Waals surface area contributed by atoms with E-state index in [1.807, 2.05) is 0 Å². The Morgan fingerprint density at radius 3 is 2.46 bits per heavy atom. The van der Waals surface area contributed by atoms with Crippen LogP contribution >= 0.6 is 0 Å². The first-order valence-corrected chi connectivity index (χ1v) is 8.83. The van der Waals surface area contributed by atoms with Gasteiger partial charge in [-0.25, -0.2) is 0 Å². The van der Waals surface area contributed by atoms with E-state index in [1.54, 1.807) is 47.6 Å². The second-order valence-electron chi connectivity index (χ2n) is 6.70. The lowest BCUT2D eigenvalue weighted by atomic mass is 9.93. The van der Waals surface area contributed by atoms with E-state index in [2.05, 4.69) is 4.98 Å². The SMILES string of the molecule is O=C(O)CC[C@@H]1CCCN(C(=O)c2ccc(C(=O)c3cc[nH]c3)cc2)C1. The Kier molecular flexibility index (Phi) is 5.51. The fourth-order valence-corrected chi connectivity index (χ4v) is 3.39. The maximum absolute atomic E-state index is 12.7. The molecule has 1 aliphatic rings. The van der Waals surface area contributed by atoms with Crippen LogP contribution in [-0.4, -0.2) is 45.7 Å². The number of carbonyl (C=O) groups excluding carboxylic acids is 2. The standard InChI is InChI=1S/C20H22N2O4/c23-18(24)8-3-14-2-1-11-22(13-14)20(26)16-6-4-15(5-7-16)19(25)17-9-10-21-12-17/h4-7,9-10,12,14,21H,1-3,8,11,13H2,(H,23,24)/t14-/m0/s1. The smallest absolute Gasteiger partial charge is 0.303 e. The highest BCUT2D eigenvalue weighted by molar-refractivity contribution is 6.09. The number of nitrogens with one attached hydrogen (secondary N) is 1. The first kappa shape index (κ1) is 17.9. The maximum atomic E-state index is 12.7. The van der Waals surface area contributed by atoms with E-state index in [9.17, 15) is 14.4 Å². The van der Waals surface area contributed by atoms with Gasteiger partial charge in [-0.15, -0.1) is 0 Å². The summed E-state index contributed by atoms with van der Waals surface area (Å²) in [6, 6.07) is 8.43. The van der Waals surface area contributed by atoms with Gasteiger partial charge in [-0.3, -0.25) is 14.4 Å². The van der Waals surface area contributed by atoms with Gasteiger partial charge in [0.25, 0.3) is 5.91 Å². The van der Waals surface area contributed by atoms with E-state index in [1.165, 1.54) is 0 Å². The highest BCUT2D eigenvalue weighted by Gasteiger charge is 2.25. The summed E-state index contributed by atoms with van der Waals surface area (Å²) in [5.41, 5.74) is 1.68. The highest BCUT2D eigenvalue weighted by Crippen LogP contribution is 2.23. The molecule has 0 unspecified atom stereocenters. The number of carboxylic acids is 1. The quantitative estimate of drug-likeness (QED) is 0.780. The molecule has 2 N–H and O–H groups in total. The van der Waals surface area contributed by atoms with Crippen LogP contribution in [0.15, 0.2) is 42.7 Å². The molecule has 1 aliphatic heterocycles. The Labute approximate surface area is 151 Å². The van der Waals surface area contributed by atoms with Crippen molar-refractivity contribution >= 4 is 17.7 Å². The van der Waals surface area contributed by atoms with Crippen molar-refractivity contribution in [3.8, 4) is 0 Å². The number of likely N-dealkylation sites (tertiary alicyclic amines) is 1. The molecule has 26 heavy (non-hydrogen) atoms. The number of piperidine rings is 1. The monoisotopic (exact) mass is 354 g/mol. The molecule has 0 bridgehead atoms. The van der Waals surface area contributed by atoms with Gasteiger partial charge in [0, 0.05) is 48.6 Å². The third-order valence-corrected chi connectivity index (χ3v) is 4.83. The number of carboxylic acid groups (broad SMARTS) is 1. The van der Waals surface area contributed by atoms with Gasteiger partial charge in [-0.2, -0.15) is 0 Å². The molecule has 1 aromatic heterocycles. The molecule has 2 heterocycles. The molecular formula is C20H22N2O4. The van der Waals surface area contributed by atoms with Crippen molar-refractivity contribution in [3.05, 3.63) is 59.4 Å². The molecule has 1 amide bonds. The minimum absolute atomic E-state index is 0.0642. The van der Waals surface area contributed by atoms with Gasteiger partial charge in [0.15, 0.2) is 5.78 Å². The van der Waals surface area contributed by atoms with Gasteiger partial charge >= 0.3 is 5.97 Å². The number of nitrogens with zero attached hydrogens (tertiary/aromatic N) is 1. The number of hydrogen-bond donors (Lipinski definition) is 2. The summed E-state index contributed by atoms with van der Waals surface area (Å²) in [6.07, 6.45) is 5.93. The number of aromatic nitrogens is 1. The van der Waals surface area contributed by atoms with Crippen molar-refractivity contribution in [3.63, 3.8) is 0 Å². The second kappa shape index (κ2) is 7.99. The molecule has 0 saturated carbocycles. The van der Waals surface area contributed by atoms with Crippen molar-refractivity contribution in [1.29, 1.82) is 0 Å². The summed E-state index contributed by atoms with van der Waals surface area (Å²) >= 11 is 0. The zero-order valence-corrected chi connectivity index (χ0v) is 14.5. The molecule has 1 aromatic carbocycles. The minimum atomic E-state index is -0.795. The Hall–Kier alpha value is -2.89. The second-order valence-corrected chi connectivity index (χ2v) is 6.70. The fourth-order valence-electron chi connectivity index (χ4n) is 3.39. The Bertz CT molecular complexity index is 781. The summed E-state index contributed by atoms with van der Waals surface area (Å²) in [5.74, 6) is -0.711. The van der Waals surface area contributed by atoms with Crippen LogP contribution in [0.4, 0.5) is 0 Å². The summed E-state index contributed by atoms with van der Waals surface area (Å²) in [5, 5.41) is 8.83. The molecule has 2 aromatic rings. The molecule has 0 spiro atoms. The number of carbonyl (C=O) groups is 3. The van der Waals surface area contributed by atoms with Crippen LogP contribution in [0, 0.1) is 5.92 Å². The average molecular weight is 354 g/mol. The number of hydrogen-bond acceptors (Lipinski definition) is 3. The molecule has 3 rings (SSSR count). The van der Waals surface area contributed by atoms with E-state index < -0.39 is 5.97 Å². The maximum Gasteiger partial charge on any atom is 0.303 e. The van der Waals surface area contributed by atoms with Crippen LogP contribution in [0.5, 0.6) is 0 Å². The summed E-state index contributed by atoms with van der Waals surface area (Å²) in [7, 11) is 0. The molecule has 136 valence electrons. The highest BCUT2D eigenvalue weighted by atomic mass is 16.4.